The first-order valence-electron chi connectivity index (χ1n) is 6.34. The molecule has 3 rings (SSSR count). The summed E-state index contributed by atoms with van der Waals surface area (Å²) in [7, 11) is 1.95. The predicted molar refractivity (Wildman–Crippen MR) is 61.7 cm³/mol. The molecule has 0 aliphatic heterocycles. The molecule has 0 amide bonds. The molecular formula is C12H20N4. The fourth-order valence-corrected chi connectivity index (χ4v) is 2.97. The third-order valence-electron chi connectivity index (χ3n) is 4.38. The number of hydrogen-bond acceptors (Lipinski definition) is 3. The second-order valence-electron chi connectivity index (χ2n) is 5.44. The highest BCUT2D eigenvalue weighted by molar-refractivity contribution is 5.01. The second kappa shape index (κ2) is 3.84. The van der Waals surface area contributed by atoms with Crippen molar-refractivity contribution in [2.24, 2.45) is 18.4 Å². The van der Waals surface area contributed by atoms with E-state index in [1.54, 1.807) is 0 Å². The van der Waals surface area contributed by atoms with Crippen LogP contribution in [0.2, 0.25) is 0 Å². The Morgan fingerprint density at radius 1 is 1.50 bits per heavy atom. The normalized spacial score (nSPS) is 23.1. The van der Waals surface area contributed by atoms with E-state index in [9.17, 15) is 0 Å². The number of nitrogens with zero attached hydrogens (tertiary/aromatic N) is 3. The number of nitrogens with one attached hydrogen (secondary N) is 1. The summed E-state index contributed by atoms with van der Waals surface area (Å²) in [4.78, 5) is 0. The van der Waals surface area contributed by atoms with Crippen LogP contribution in [-0.4, -0.2) is 21.5 Å². The minimum atomic E-state index is 0.659. The van der Waals surface area contributed by atoms with Crippen LogP contribution in [0.25, 0.3) is 0 Å². The van der Waals surface area contributed by atoms with Crippen molar-refractivity contribution in [1.82, 2.24) is 20.3 Å². The summed E-state index contributed by atoms with van der Waals surface area (Å²) in [5.41, 5.74) is 1.83. The largest absolute Gasteiger partial charge is 0.311 e. The van der Waals surface area contributed by atoms with Gasteiger partial charge in [0.2, 0.25) is 0 Å². The fourth-order valence-electron chi connectivity index (χ4n) is 2.97. The summed E-state index contributed by atoms with van der Waals surface area (Å²) in [5, 5.41) is 11.4. The third-order valence-corrected chi connectivity index (χ3v) is 4.38. The van der Waals surface area contributed by atoms with Crippen LogP contribution >= 0.6 is 0 Å². The van der Waals surface area contributed by atoms with E-state index in [1.165, 1.54) is 44.3 Å². The van der Waals surface area contributed by atoms with Crippen molar-refractivity contribution < 1.29 is 0 Å². The zero-order valence-electron chi connectivity index (χ0n) is 9.95. The maximum Gasteiger partial charge on any atom is 0.0738 e. The van der Waals surface area contributed by atoms with E-state index >= 15 is 0 Å². The maximum absolute atomic E-state index is 3.94. The number of aryl methyl sites for hydroxylation is 1. The number of aromatic nitrogens is 3. The summed E-state index contributed by atoms with van der Waals surface area (Å²) < 4.78 is 1.84. The molecule has 0 unspecified atom stereocenters. The van der Waals surface area contributed by atoms with Crippen LogP contribution in [0.4, 0.5) is 0 Å². The molecule has 2 aliphatic carbocycles. The summed E-state index contributed by atoms with van der Waals surface area (Å²) >= 11 is 0. The summed E-state index contributed by atoms with van der Waals surface area (Å²) in [6.07, 6.45) is 9.09. The van der Waals surface area contributed by atoms with Gasteiger partial charge in [0.15, 0.2) is 0 Å². The van der Waals surface area contributed by atoms with Crippen LogP contribution in [-0.2, 0) is 13.6 Å². The van der Waals surface area contributed by atoms with E-state index in [4.69, 9.17) is 0 Å². The van der Waals surface area contributed by atoms with Gasteiger partial charge in [-0.1, -0.05) is 11.6 Å². The van der Waals surface area contributed by atoms with Gasteiger partial charge in [-0.15, -0.1) is 5.10 Å². The van der Waals surface area contributed by atoms with Gasteiger partial charge in [-0.2, -0.15) is 0 Å². The Balaban J connectivity index is 1.51. The Hall–Kier alpha value is -0.900. The standard InChI is InChI=1S/C12H20N4/c1-16-11(8-14-15-16)7-13-9-12(5-2-6-12)10-3-4-10/h8,10,13H,2-7,9H2,1H3. The molecular weight excluding hydrogens is 200 g/mol. The van der Waals surface area contributed by atoms with Gasteiger partial charge >= 0.3 is 0 Å². The molecule has 0 atom stereocenters. The molecule has 0 saturated heterocycles. The maximum atomic E-state index is 3.94. The van der Waals surface area contributed by atoms with Crippen LogP contribution in [0.15, 0.2) is 6.20 Å². The molecule has 16 heavy (non-hydrogen) atoms. The Kier molecular flexibility index (Phi) is 2.46. The quantitative estimate of drug-likeness (QED) is 0.817. The molecule has 1 heterocycles. The highest BCUT2D eigenvalue weighted by Crippen LogP contribution is 2.56. The van der Waals surface area contributed by atoms with Crippen molar-refractivity contribution in [1.29, 1.82) is 0 Å². The number of rotatable bonds is 5. The monoisotopic (exact) mass is 220 g/mol. The molecule has 2 aliphatic rings. The molecule has 0 bridgehead atoms. The molecule has 4 heteroatoms. The molecule has 1 aromatic heterocycles. The van der Waals surface area contributed by atoms with E-state index in [0.29, 0.717) is 5.41 Å². The Morgan fingerprint density at radius 3 is 2.81 bits per heavy atom. The molecule has 2 saturated carbocycles. The smallest absolute Gasteiger partial charge is 0.0738 e. The lowest BCUT2D eigenvalue weighted by atomic mass is 9.65. The van der Waals surface area contributed by atoms with Crippen molar-refractivity contribution >= 4 is 0 Å². The minimum Gasteiger partial charge on any atom is -0.311 e. The highest BCUT2D eigenvalue weighted by Gasteiger charge is 2.48. The average molecular weight is 220 g/mol. The lowest BCUT2D eigenvalue weighted by Crippen LogP contribution is -2.41. The van der Waals surface area contributed by atoms with Gasteiger partial charge in [-0.05, 0) is 37.0 Å². The van der Waals surface area contributed by atoms with Crippen LogP contribution in [0.3, 0.4) is 0 Å². The Morgan fingerprint density at radius 2 is 2.31 bits per heavy atom. The molecule has 0 aromatic carbocycles. The van der Waals surface area contributed by atoms with E-state index in [0.717, 1.165) is 12.5 Å². The van der Waals surface area contributed by atoms with Crippen molar-refractivity contribution in [3.8, 4) is 0 Å². The first kappa shape index (κ1) is 10.3. The van der Waals surface area contributed by atoms with Crippen molar-refractivity contribution in [2.45, 2.75) is 38.6 Å². The molecule has 1 N–H and O–H groups in total. The van der Waals surface area contributed by atoms with Crippen molar-refractivity contribution in [2.75, 3.05) is 6.54 Å². The highest BCUT2D eigenvalue weighted by atomic mass is 15.4. The van der Waals surface area contributed by atoms with Gasteiger partial charge in [-0.3, -0.25) is 4.68 Å². The molecule has 0 spiro atoms. The predicted octanol–water partition coefficient (Wildman–Crippen LogP) is 1.48. The first-order chi connectivity index (χ1) is 7.80. The lowest BCUT2D eigenvalue weighted by molar-refractivity contribution is 0.0984. The van der Waals surface area contributed by atoms with Gasteiger partial charge in [0, 0.05) is 20.1 Å². The second-order valence-corrected chi connectivity index (χ2v) is 5.44. The van der Waals surface area contributed by atoms with E-state index in [-0.39, 0.29) is 0 Å². The molecule has 0 radical (unpaired) electrons. The zero-order chi connectivity index (χ0) is 11.0. The molecule has 2 fully saturated rings. The Bertz CT molecular complexity index is 363. The average Bonchev–Trinajstić information content (AvgIpc) is 2.97. The SMILES string of the molecule is Cn1nncc1CNCC1(C2CC2)CCC1. The van der Waals surface area contributed by atoms with Gasteiger partial charge < -0.3 is 5.32 Å². The van der Waals surface area contributed by atoms with Crippen LogP contribution < -0.4 is 5.32 Å². The van der Waals surface area contributed by atoms with Crippen LogP contribution in [0.5, 0.6) is 0 Å². The van der Waals surface area contributed by atoms with Gasteiger partial charge in [-0.25, -0.2) is 0 Å². The van der Waals surface area contributed by atoms with Crippen LogP contribution in [0, 0.1) is 11.3 Å². The number of hydrogen-bond donors (Lipinski definition) is 1. The minimum absolute atomic E-state index is 0.659. The van der Waals surface area contributed by atoms with E-state index in [2.05, 4.69) is 15.6 Å². The van der Waals surface area contributed by atoms with E-state index in [1.807, 2.05) is 17.9 Å². The van der Waals surface area contributed by atoms with Crippen LogP contribution in [0.1, 0.15) is 37.8 Å². The van der Waals surface area contributed by atoms with Gasteiger partial charge in [0.05, 0.1) is 11.9 Å². The van der Waals surface area contributed by atoms with Gasteiger partial charge in [0.1, 0.15) is 0 Å². The lowest BCUT2D eigenvalue weighted by Gasteiger charge is -2.42. The topological polar surface area (TPSA) is 42.7 Å². The third kappa shape index (κ3) is 1.75. The van der Waals surface area contributed by atoms with E-state index < -0.39 is 0 Å². The summed E-state index contributed by atoms with van der Waals surface area (Å²) in [6, 6.07) is 0. The first-order valence-corrected chi connectivity index (χ1v) is 6.34. The zero-order valence-corrected chi connectivity index (χ0v) is 9.95. The van der Waals surface area contributed by atoms with Crippen molar-refractivity contribution in [3.05, 3.63) is 11.9 Å². The molecule has 1 aromatic rings. The Labute approximate surface area is 96.4 Å². The summed E-state index contributed by atoms with van der Waals surface area (Å²) in [6.45, 7) is 2.08. The fraction of sp³-hybridized carbons (Fsp3) is 0.833. The molecule has 4 nitrogen and oxygen atoms in total. The van der Waals surface area contributed by atoms with Crippen molar-refractivity contribution in [3.63, 3.8) is 0 Å². The molecule has 88 valence electrons. The summed E-state index contributed by atoms with van der Waals surface area (Å²) in [5.74, 6) is 1.03. The van der Waals surface area contributed by atoms with Gasteiger partial charge in [0.25, 0.3) is 0 Å².